The van der Waals surface area contributed by atoms with E-state index in [1.54, 1.807) is 19.2 Å². The highest BCUT2D eigenvalue weighted by Gasteiger charge is 2.30. The molecule has 1 fully saturated rings. The Morgan fingerprint density at radius 1 is 1.26 bits per heavy atom. The molecule has 1 N–H and O–H groups in total. The smallest absolute Gasteiger partial charge is 0.274 e. The molecule has 0 radical (unpaired) electrons. The van der Waals surface area contributed by atoms with E-state index in [9.17, 15) is 4.79 Å². The minimum absolute atomic E-state index is 0.0399. The zero-order valence-electron chi connectivity index (χ0n) is 11.9. The van der Waals surface area contributed by atoms with Gasteiger partial charge in [-0.3, -0.25) is 9.69 Å². The van der Waals surface area contributed by atoms with Gasteiger partial charge in [-0.25, -0.2) is 0 Å². The molecule has 1 aliphatic heterocycles. The molecule has 1 aliphatic rings. The van der Waals surface area contributed by atoms with Crippen LogP contribution < -0.4 is 5.32 Å². The molecule has 0 saturated carbocycles. The van der Waals surface area contributed by atoms with Crippen LogP contribution >= 0.6 is 0 Å². The van der Waals surface area contributed by atoms with E-state index in [0.717, 1.165) is 13.1 Å². The summed E-state index contributed by atoms with van der Waals surface area (Å²) >= 11 is 0. The number of amides is 1. The molecule has 6 nitrogen and oxygen atoms in total. The number of carbonyl (C=O) groups is 1. The lowest BCUT2D eigenvalue weighted by molar-refractivity contribution is 0.0408. The van der Waals surface area contributed by atoms with Gasteiger partial charge in [0.2, 0.25) is 0 Å². The first kappa shape index (κ1) is 13.7. The maximum absolute atomic E-state index is 12.4. The molecule has 2 unspecified atom stereocenters. The molecule has 6 heteroatoms. The highest BCUT2D eigenvalue weighted by atomic mass is 16.2. The molecule has 1 aromatic rings. The van der Waals surface area contributed by atoms with E-state index in [4.69, 9.17) is 0 Å². The van der Waals surface area contributed by atoms with Crippen molar-refractivity contribution in [1.29, 1.82) is 0 Å². The summed E-state index contributed by atoms with van der Waals surface area (Å²) in [6.07, 6.45) is 0. The molecule has 1 aromatic heterocycles. The number of nitrogens with zero attached hydrogens (tertiary/aromatic N) is 4. The monoisotopic (exact) mass is 263 g/mol. The lowest BCUT2D eigenvalue weighted by Gasteiger charge is -2.42. The molecule has 0 spiro atoms. The van der Waals surface area contributed by atoms with Crippen LogP contribution in [0.2, 0.25) is 0 Å². The average molecular weight is 263 g/mol. The van der Waals surface area contributed by atoms with Crippen LogP contribution in [0.3, 0.4) is 0 Å². The summed E-state index contributed by atoms with van der Waals surface area (Å²) in [6, 6.07) is 4.20. The average Bonchev–Trinajstić information content (AvgIpc) is 2.43. The first-order chi connectivity index (χ1) is 9.02. The summed E-state index contributed by atoms with van der Waals surface area (Å²) in [4.78, 5) is 16.5. The first-order valence-corrected chi connectivity index (χ1v) is 6.55. The standard InChI is InChI=1S/C13H21N5O/c1-9-7-18(8-10(2)17(9)4)13(19)11-5-6-12(14-3)16-15-11/h5-6,9-10H,7-8H2,1-4H3,(H,14,16). The minimum Gasteiger partial charge on any atom is -0.372 e. The largest absolute Gasteiger partial charge is 0.372 e. The third-order valence-corrected chi connectivity index (χ3v) is 3.79. The molecule has 2 atom stereocenters. The second kappa shape index (κ2) is 5.52. The maximum atomic E-state index is 12.4. The fourth-order valence-electron chi connectivity index (χ4n) is 2.31. The van der Waals surface area contributed by atoms with Crippen LogP contribution in [0.4, 0.5) is 5.82 Å². The van der Waals surface area contributed by atoms with Crippen molar-refractivity contribution in [3.05, 3.63) is 17.8 Å². The van der Waals surface area contributed by atoms with Gasteiger partial charge in [-0.1, -0.05) is 0 Å². The number of nitrogens with one attached hydrogen (secondary N) is 1. The van der Waals surface area contributed by atoms with Crippen molar-refractivity contribution in [2.75, 3.05) is 32.5 Å². The Labute approximate surface area is 113 Å². The number of aromatic nitrogens is 2. The van der Waals surface area contributed by atoms with Gasteiger partial charge in [-0.05, 0) is 33.0 Å². The van der Waals surface area contributed by atoms with E-state index < -0.39 is 0 Å². The number of anilines is 1. The number of hydrogen-bond donors (Lipinski definition) is 1. The highest BCUT2D eigenvalue weighted by molar-refractivity contribution is 5.92. The van der Waals surface area contributed by atoms with Crippen LogP contribution in [0.1, 0.15) is 24.3 Å². The maximum Gasteiger partial charge on any atom is 0.274 e. The Kier molecular flexibility index (Phi) is 3.99. The van der Waals surface area contributed by atoms with E-state index in [-0.39, 0.29) is 5.91 Å². The van der Waals surface area contributed by atoms with Gasteiger partial charge in [-0.2, -0.15) is 0 Å². The molecule has 104 valence electrons. The van der Waals surface area contributed by atoms with Crippen LogP contribution in [-0.4, -0.2) is 65.2 Å². The Morgan fingerprint density at radius 3 is 2.37 bits per heavy atom. The summed E-state index contributed by atoms with van der Waals surface area (Å²) < 4.78 is 0. The number of likely N-dealkylation sites (N-methyl/N-ethyl adjacent to an activating group) is 1. The first-order valence-electron chi connectivity index (χ1n) is 6.55. The molecule has 2 heterocycles. The SMILES string of the molecule is CNc1ccc(C(=O)N2CC(C)N(C)C(C)C2)nn1. The molecular weight excluding hydrogens is 242 g/mol. The van der Waals surface area contributed by atoms with Gasteiger partial charge in [0.05, 0.1) is 0 Å². The number of piperazine rings is 1. The fourth-order valence-corrected chi connectivity index (χ4v) is 2.31. The van der Waals surface area contributed by atoms with Crippen molar-refractivity contribution in [3.8, 4) is 0 Å². The van der Waals surface area contributed by atoms with Crippen molar-refractivity contribution < 1.29 is 4.79 Å². The molecule has 19 heavy (non-hydrogen) atoms. The van der Waals surface area contributed by atoms with Crippen LogP contribution in [0.25, 0.3) is 0 Å². The van der Waals surface area contributed by atoms with Crippen molar-refractivity contribution in [2.45, 2.75) is 25.9 Å². The summed E-state index contributed by atoms with van der Waals surface area (Å²) in [5, 5.41) is 10.8. The summed E-state index contributed by atoms with van der Waals surface area (Å²) in [5.41, 5.74) is 0.406. The summed E-state index contributed by atoms with van der Waals surface area (Å²) in [7, 11) is 3.87. The van der Waals surface area contributed by atoms with Crippen molar-refractivity contribution in [2.24, 2.45) is 0 Å². The molecule has 0 aromatic carbocycles. The third-order valence-electron chi connectivity index (χ3n) is 3.79. The Balaban J connectivity index is 2.10. The van der Waals surface area contributed by atoms with Crippen LogP contribution in [0.15, 0.2) is 12.1 Å². The van der Waals surface area contributed by atoms with E-state index >= 15 is 0 Å². The van der Waals surface area contributed by atoms with Crippen LogP contribution in [0.5, 0.6) is 0 Å². The lowest BCUT2D eigenvalue weighted by Crippen LogP contribution is -2.56. The fraction of sp³-hybridized carbons (Fsp3) is 0.615. The Morgan fingerprint density at radius 2 is 1.89 bits per heavy atom. The number of rotatable bonds is 2. The molecule has 0 aliphatic carbocycles. The molecule has 0 bridgehead atoms. The van der Waals surface area contributed by atoms with E-state index in [1.807, 2.05) is 4.90 Å². The predicted octanol–water partition coefficient (Wildman–Crippen LogP) is 0.683. The molecule has 2 rings (SSSR count). The van der Waals surface area contributed by atoms with Gasteiger partial charge in [-0.15, -0.1) is 10.2 Å². The molecule has 1 saturated heterocycles. The number of carbonyl (C=O) groups excluding carboxylic acids is 1. The predicted molar refractivity (Wildman–Crippen MR) is 74.2 cm³/mol. The second-order valence-corrected chi connectivity index (χ2v) is 5.13. The molecular formula is C13H21N5O. The van der Waals surface area contributed by atoms with Crippen molar-refractivity contribution >= 4 is 11.7 Å². The Bertz CT molecular complexity index is 435. The van der Waals surface area contributed by atoms with Gasteiger partial charge < -0.3 is 10.2 Å². The van der Waals surface area contributed by atoms with Crippen molar-refractivity contribution in [1.82, 2.24) is 20.0 Å². The topological polar surface area (TPSA) is 61.4 Å². The zero-order chi connectivity index (χ0) is 14.0. The van der Waals surface area contributed by atoms with E-state index in [2.05, 4.69) is 41.3 Å². The van der Waals surface area contributed by atoms with Gasteiger partial charge in [0.1, 0.15) is 5.82 Å². The lowest BCUT2D eigenvalue weighted by atomic mass is 10.1. The van der Waals surface area contributed by atoms with Gasteiger partial charge in [0, 0.05) is 32.2 Å². The summed E-state index contributed by atoms with van der Waals surface area (Å²) in [6.45, 7) is 5.72. The van der Waals surface area contributed by atoms with E-state index in [0.29, 0.717) is 23.6 Å². The van der Waals surface area contributed by atoms with Crippen LogP contribution in [0, 0.1) is 0 Å². The number of hydrogen-bond acceptors (Lipinski definition) is 5. The third kappa shape index (κ3) is 2.84. The van der Waals surface area contributed by atoms with Gasteiger partial charge >= 0.3 is 0 Å². The zero-order valence-corrected chi connectivity index (χ0v) is 11.9. The second-order valence-electron chi connectivity index (χ2n) is 5.13. The highest BCUT2D eigenvalue weighted by Crippen LogP contribution is 2.15. The van der Waals surface area contributed by atoms with Crippen molar-refractivity contribution in [3.63, 3.8) is 0 Å². The van der Waals surface area contributed by atoms with Crippen LogP contribution in [-0.2, 0) is 0 Å². The quantitative estimate of drug-likeness (QED) is 0.850. The normalized spacial score (nSPS) is 24.3. The molecule has 1 amide bonds. The summed E-state index contributed by atoms with van der Waals surface area (Å²) in [5.74, 6) is 0.624. The Hall–Kier alpha value is -1.69. The minimum atomic E-state index is -0.0399. The van der Waals surface area contributed by atoms with E-state index in [1.165, 1.54) is 0 Å². The van der Waals surface area contributed by atoms with Gasteiger partial charge in [0.25, 0.3) is 5.91 Å². The van der Waals surface area contributed by atoms with Gasteiger partial charge in [0.15, 0.2) is 5.69 Å².